The van der Waals surface area contributed by atoms with Crippen LogP contribution in [0.2, 0.25) is 0 Å². The number of benzene rings is 1. The summed E-state index contributed by atoms with van der Waals surface area (Å²) in [5.74, 6) is -1.17. The Kier molecular flexibility index (Phi) is 5.64. The van der Waals surface area contributed by atoms with Crippen LogP contribution in [0.15, 0.2) is 35.2 Å². The first kappa shape index (κ1) is 17.6. The van der Waals surface area contributed by atoms with Crippen LogP contribution in [0.4, 0.5) is 11.5 Å². The van der Waals surface area contributed by atoms with E-state index in [9.17, 15) is 19.7 Å². The molecule has 0 aliphatic rings. The molecule has 2 aromatic rings. The Morgan fingerprint density at radius 1 is 1.38 bits per heavy atom. The smallest absolute Gasteiger partial charge is 0.358 e. The Labute approximate surface area is 145 Å². The molecule has 0 radical (unpaired) electrons. The fourth-order valence-electron chi connectivity index (χ4n) is 1.89. The van der Waals surface area contributed by atoms with Gasteiger partial charge >= 0.3 is 5.82 Å². The van der Waals surface area contributed by atoms with Crippen molar-refractivity contribution in [2.24, 2.45) is 0 Å². The minimum atomic E-state index is -0.650. The SMILES string of the molecule is Cc1cc(Br)ccc1NC(=O)CNC(=O)Cn1cnc([N+](=O)[O-])c1. The normalized spacial score (nSPS) is 10.2. The second-order valence-electron chi connectivity index (χ2n) is 4.95. The van der Waals surface area contributed by atoms with Gasteiger partial charge in [-0.2, -0.15) is 0 Å². The number of nitrogens with one attached hydrogen (secondary N) is 2. The average molecular weight is 396 g/mol. The molecule has 0 bridgehead atoms. The van der Waals surface area contributed by atoms with Crippen LogP contribution < -0.4 is 10.6 Å². The van der Waals surface area contributed by atoms with E-state index in [1.165, 1.54) is 10.9 Å². The summed E-state index contributed by atoms with van der Waals surface area (Å²) in [6.07, 6.45) is 2.33. The first-order valence-corrected chi connectivity index (χ1v) is 7.63. The highest BCUT2D eigenvalue weighted by atomic mass is 79.9. The van der Waals surface area contributed by atoms with Crippen LogP contribution in [0.1, 0.15) is 5.56 Å². The van der Waals surface area contributed by atoms with E-state index < -0.39 is 10.8 Å². The van der Waals surface area contributed by atoms with Crippen molar-refractivity contribution in [1.29, 1.82) is 0 Å². The maximum atomic E-state index is 11.9. The average Bonchev–Trinajstić information content (AvgIpc) is 2.97. The van der Waals surface area contributed by atoms with Crippen molar-refractivity contribution in [1.82, 2.24) is 14.9 Å². The number of halogens is 1. The Hall–Kier alpha value is -2.75. The first-order chi connectivity index (χ1) is 11.3. The summed E-state index contributed by atoms with van der Waals surface area (Å²) in [5.41, 5.74) is 1.54. The zero-order valence-electron chi connectivity index (χ0n) is 12.7. The van der Waals surface area contributed by atoms with Gasteiger partial charge < -0.3 is 25.3 Å². The Bertz CT molecular complexity index is 789. The van der Waals surface area contributed by atoms with Gasteiger partial charge in [0.2, 0.25) is 18.1 Å². The summed E-state index contributed by atoms with van der Waals surface area (Å²) in [5, 5.41) is 15.6. The molecule has 0 saturated carbocycles. The molecule has 0 fully saturated rings. The molecule has 0 unspecified atom stereocenters. The van der Waals surface area contributed by atoms with Crippen LogP contribution in [0.5, 0.6) is 0 Å². The number of hydrogen-bond donors (Lipinski definition) is 2. The molecule has 1 heterocycles. The van der Waals surface area contributed by atoms with Gasteiger partial charge in [0.1, 0.15) is 12.7 Å². The van der Waals surface area contributed by atoms with Crippen molar-refractivity contribution in [2.75, 3.05) is 11.9 Å². The quantitative estimate of drug-likeness (QED) is 0.568. The monoisotopic (exact) mass is 395 g/mol. The van der Waals surface area contributed by atoms with Crippen molar-refractivity contribution in [3.63, 3.8) is 0 Å². The maximum absolute atomic E-state index is 11.9. The fourth-order valence-corrected chi connectivity index (χ4v) is 2.37. The molecule has 2 N–H and O–H groups in total. The van der Waals surface area contributed by atoms with Crippen LogP contribution >= 0.6 is 15.9 Å². The van der Waals surface area contributed by atoms with E-state index in [0.717, 1.165) is 16.2 Å². The number of imidazole rings is 1. The number of carbonyl (C=O) groups is 2. The number of aryl methyl sites for hydroxylation is 1. The second kappa shape index (κ2) is 7.68. The van der Waals surface area contributed by atoms with Crippen molar-refractivity contribution in [3.8, 4) is 0 Å². The van der Waals surface area contributed by atoms with Crippen molar-refractivity contribution in [2.45, 2.75) is 13.5 Å². The van der Waals surface area contributed by atoms with Gasteiger partial charge in [0, 0.05) is 10.2 Å². The van der Waals surface area contributed by atoms with Gasteiger partial charge in [-0.1, -0.05) is 15.9 Å². The molecule has 0 atom stereocenters. The van der Waals surface area contributed by atoms with E-state index in [0.29, 0.717) is 5.69 Å². The fraction of sp³-hybridized carbons (Fsp3) is 0.214. The van der Waals surface area contributed by atoms with Crippen LogP contribution in [0.3, 0.4) is 0 Å². The Morgan fingerprint density at radius 3 is 2.75 bits per heavy atom. The summed E-state index contributed by atoms with van der Waals surface area (Å²) in [6.45, 7) is 1.49. The van der Waals surface area contributed by atoms with E-state index in [1.54, 1.807) is 12.1 Å². The molecule has 2 rings (SSSR count). The third kappa shape index (κ3) is 4.88. The molecule has 0 aliphatic heterocycles. The highest BCUT2D eigenvalue weighted by molar-refractivity contribution is 9.10. The largest absolute Gasteiger partial charge is 0.381 e. The summed E-state index contributed by atoms with van der Waals surface area (Å²) in [7, 11) is 0. The van der Waals surface area contributed by atoms with Crippen LogP contribution in [0, 0.1) is 17.0 Å². The van der Waals surface area contributed by atoms with Crippen LogP contribution in [-0.4, -0.2) is 32.8 Å². The summed E-state index contributed by atoms with van der Waals surface area (Å²) < 4.78 is 2.17. The highest BCUT2D eigenvalue weighted by Gasteiger charge is 2.13. The number of amides is 2. The lowest BCUT2D eigenvalue weighted by Gasteiger charge is -2.09. The molecular formula is C14H14BrN5O4. The lowest BCUT2D eigenvalue weighted by Crippen LogP contribution is -2.34. The van der Waals surface area contributed by atoms with Gasteiger partial charge in [-0.05, 0) is 40.6 Å². The number of rotatable bonds is 6. The summed E-state index contributed by atoms with van der Waals surface area (Å²) in [6, 6.07) is 5.41. The standard InChI is InChI=1S/C14H14BrN5O4/c1-9-4-10(15)2-3-11(9)18-13(21)5-16-14(22)7-19-6-12(17-8-19)20(23)24/h2-4,6,8H,5,7H2,1H3,(H,16,22)(H,18,21). The predicted molar refractivity (Wildman–Crippen MR) is 89.4 cm³/mol. The number of anilines is 1. The van der Waals surface area contributed by atoms with Crippen LogP contribution in [0.25, 0.3) is 0 Å². The van der Waals surface area contributed by atoms with Gasteiger partial charge in [0.05, 0.1) is 6.54 Å². The van der Waals surface area contributed by atoms with E-state index in [-0.39, 0.29) is 24.8 Å². The lowest BCUT2D eigenvalue weighted by atomic mass is 10.2. The molecule has 1 aromatic heterocycles. The van der Waals surface area contributed by atoms with Gasteiger partial charge in [-0.25, -0.2) is 0 Å². The number of carbonyl (C=O) groups excluding carboxylic acids is 2. The first-order valence-electron chi connectivity index (χ1n) is 6.84. The molecular weight excluding hydrogens is 382 g/mol. The van der Waals surface area contributed by atoms with Crippen LogP contribution in [-0.2, 0) is 16.1 Å². The highest BCUT2D eigenvalue weighted by Crippen LogP contribution is 2.19. The van der Waals surface area contributed by atoms with E-state index in [2.05, 4.69) is 31.5 Å². The van der Waals surface area contributed by atoms with Gasteiger partial charge in [-0.15, -0.1) is 0 Å². The molecule has 0 spiro atoms. The van der Waals surface area contributed by atoms with E-state index in [4.69, 9.17) is 0 Å². The zero-order chi connectivity index (χ0) is 17.7. The Morgan fingerprint density at radius 2 is 2.12 bits per heavy atom. The maximum Gasteiger partial charge on any atom is 0.381 e. The minimum absolute atomic E-state index is 0.161. The lowest BCUT2D eigenvalue weighted by molar-refractivity contribution is -0.389. The van der Waals surface area contributed by atoms with Crippen molar-refractivity contribution < 1.29 is 14.5 Å². The number of hydrogen-bond acceptors (Lipinski definition) is 5. The molecule has 1 aromatic carbocycles. The molecule has 9 nitrogen and oxygen atoms in total. The summed E-state index contributed by atoms with van der Waals surface area (Å²) in [4.78, 5) is 37.0. The summed E-state index contributed by atoms with van der Waals surface area (Å²) >= 11 is 3.34. The van der Waals surface area contributed by atoms with Gasteiger partial charge in [0.15, 0.2) is 0 Å². The molecule has 2 amide bonds. The third-order valence-electron chi connectivity index (χ3n) is 3.04. The zero-order valence-corrected chi connectivity index (χ0v) is 14.2. The molecule has 24 heavy (non-hydrogen) atoms. The predicted octanol–water partition coefficient (Wildman–Crippen LogP) is 1.62. The van der Waals surface area contributed by atoms with Crippen molar-refractivity contribution >= 4 is 39.2 Å². The van der Waals surface area contributed by atoms with Gasteiger partial charge in [0.25, 0.3) is 0 Å². The Balaban J connectivity index is 1.82. The third-order valence-corrected chi connectivity index (χ3v) is 3.53. The number of nitro groups is 1. The molecule has 0 aliphatic carbocycles. The molecule has 10 heteroatoms. The minimum Gasteiger partial charge on any atom is -0.358 e. The second-order valence-corrected chi connectivity index (χ2v) is 5.86. The van der Waals surface area contributed by atoms with Gasteiger partial charge in [-0.3, -0.25) is 9.59 Å². The van der Waals surface area contributed by atoms with E-state index in [1.807, 2.05) is 13.0 Å². The molecule has 0 saturated heterocycles. The number of aromatic nitrogens is 2. The topological polar surface area (TPSA) is 119 Å². The number of nitrogens with zero attached hydrogens (tertiary/aromatic N) is 3. The van der Waals surface area contributed by atoms with E-state index >= 15 is 0 Å². The van der Waals surface area contributed by atoms with Crippen molar-refractivity contribution in [3.05, 3.63) is 50.9 Å². The molecule has 126 valence electrons.